The molecule has 1 aromatic carbocycles. The lowest BCUT2D eigenvalue weighted by molar-refractivity contribution is -0.156. The number of rotatable bonds is 5. The van der Waals surface area contributed by atoms with Crippen LogP contribution in [0.25, 0.3) is 0 Å². The van der Waals surface area contributed by atoms with Crippen molar-refractivity contribution >= 4 is 29.0 Å². The fraction of sp³-hybridized carbons (Fsp3) is 0.533. The zero-order chi connectivity index (χ0) is 14.6. The predicted octanol–water partition coefficient (Wildman–Crippen LogP) is 3.69. The van der Waals surface area contributed by atoms with E-state index in [2.05, 4.69) is 0 Å². The number of hydrogen-bond acceptors (Lipinski definition) is 3. The van der Waals surface area contributed by atoms with E-state index in [4.69, 9.17) is 32.7 Å². The molecule has 0 radical (unpaired) electrons. The molecule has 2 rings (SSSR count). The fourth-order valence-electron chi connectivity index (χ4n) is 2.48. The van der Waals surface area contributed by atoms with Crippen LogP contribution in [0.5, 0.6) is 0 Å². The van der Waals surface area contributed by atoms with Crippen molar-refractivity contribution in [3.8, 4) is 0 Å². The number of halogens is 2. The molecule has 5 heteroatoms. The number of hydrogen-bond donors (Lipinski definition) is 0. The van der Waals surface area contributed by atoms with E-state index in [0.717, 1.165) is 5.56 Å². The highest BCUT2D eigenvalue weighted by Crippen LogP contribution is 2.29. The van der Waals surface area contributed by atoms with E-state index in [1.54, 1.807) is 12.1 Å². The Morgan fingerprint density at radius 1 is 1.30 bits per heavy atom. The first-order chi connectivity index (χ1) is 9.57. The van der Waals surface area contributed by atoms with Crippen LogP contribution in [0.3, 0.4) is 0 Å². The van der Waals surface area contributed by atoms with Gasteiger partial charge in [-0.15, -0.1) is 0 Å². The zero-order valence-corrected chi connectivity index (χ0v) is 13.0. The van der Waals surface area contributed by atoms with Gasteiger partial charge < -0.3 is 9.47 Å². The highest BCUT2D eigenvalue weighted by atomic mass is 35.5. The van der Waals surface area contributed by atoms with Gasteiger partial charge in [0.15, 0.2) is 5.78 Å². The second-order valence-corrected chi connectivity index (χ2v) is 5.70. The summed E-state index contributed by atoms with van der Waals surface area (Å²) in [6.07, 6.45) is 1.53. The minimum Gasteiger partial charge on any atom is -0.381 e. The maximum Gasteiger partial charge on any atom is 0.169 e. The first-order valence-corrected chi connectivity index (χ1v) is 7.52. The standard InChI is InChI=1S/C15H18Cl2O3/c1-2-20-15(5-7-19-8-6-15)14(18)10-11-3-4-12(16)13(17)9-11/h3-4,9H,2,5-8,10H2,1H3. The highest BCUT2D eigenvalue weighted by molar-refractivity contribution is 6.42. The maximum atomic E-state index is 12.6. The number of ether oxygens (including phenoxy) is 2. The van der Waals surface area contributed by atoms with Gasteiger partial charge in [0.2, 0.25) is 0 Å². The van der Waals surface area contributed by atoms with E-state index in [0.29, 0.717) is 49.1 Å². The molecule has 0 unspecified atom stereocenters. The maximum absolute atomic E-state index is 12.6. The topological polar surface area (TPSA) is 35.5 Å². The molecule has 0 amide bonds. The molecular weight excluding hydrogens is 299 g/mol. The van der Waals surface area contributed by atoms with Crippen LogP contribution in [0, 0.1) is 0 Å². The molecule has 0 atom stereocenters. The molecule has 1 saturated heterocycles. The summed E-state index contributed by atoms with van der Waals surface area (Å²) in [5, 5.41) is 0.961. The van der Waals surface area contributed by atoms with Crippen LogP contribution in [0.15, 0.2) is 18.2 Å². The van der Waals surface area contributed by atoms with Gasteiger partial charge in [-0.05, 0) is 24.6 Å². The van der Waals surface area contributed by atoms with Crippen molar-refractivity contribution in [2.45, 2.75) is 31.8 Å². The summed E-state index contributed by atoms with van der Waals surface area (Å²) in [7, 11) is 0. The quantitative estimate of drug-likeness (QED) is 0.831. The molecule has 1 aliphatic heterocycles. The molecule has 0 spiro atoms. The largest absolute Gasteiger partial charge is 0.381 e. The smallest absolute Gasteiger partial charge is 0.169 e. The zero-order valence-electron chi connectivity index (χ0n) is 11.5. The lowest BCUT2D eigenvalue weighted by atomic mass is 9.86. The molecule has 1 heterocycles. The lowest BCUT2D eigenvalue weighted by Gasteiger charge is -2.35. The monoisotopic (exact) mass is 316 g/mol. The van der Waals surface area contributed by atoms with Crippen LogP contribution < -0.4 is 0 Å². The van der Waals surface area contributed by atoms with Gasteiger partial charge in [-0.25, -0.2) is 0 Å². The molecule has 1 aromatic rings. The number of benzene rings is 1. The third-order valence-corrected chi connectivity index (χ3v) is 4.32. The Morgan fingerprint density at radius 3 is 2.60 bits per heavy atom. The first-order valence-electron chi connectivity index (χ1n) is 6.76. The molecule has 0 saturated carbocycles. The second kappa shape index (κ2) is 6.90. The molecule has 20 heavy (non-hydrogen) atoms. The average Bonchev–Trinajstić information content (AvgIpc) is 2.44. The van der Waals surface area contributed by atoms with Gasteiger partial charge in [0.05, 0.1) is 10.0 Å². The van der Waals surface area contributed by atoms with Crippen molar-refractivity contribution in [3.05, 3.63) is 33.8 Å². The van der Waals surface area contributed by atoms with Crippen molar-refractivity contribution in [1.29, 1.82) is 0 Å². The van der Waals surface area contributed by atoms with E-state index in [9.17, 15) is 4.79 Å². The Labute approximate surface area is 129 Å². The minimum atomic E-state index is -0.709. The number of carbonyl (C=O) groups is 1. The Morgan fingerprint density at radius 2 is 2.00 bits per heavy atom. The third-order valence-electron chi connectivity index (χ3n) is 3.58. The number of carbonyl (C=O) groups excluding carboxylic acids is 1. The molecule has 1 aliphatic rings. The van der Waals surface area contributed by atoms with Gasteiger partial charge in [0.1, 0.15) is 5.60 Å². The van der Waals surface area contributed by atoms with Gasteiger partial charge in [0, 0.05) is 39.1 Å². The number of Topliss-reactive ketones (excluding diaryl/α,β-unsaturated/α-hetero) is 1. The normalized spacial score (nSPS) is 17.9. The van der Waals surface area contributed by atoms with Gasteiger partial charge >= 0.3 is 0 Å². The molecule has 0 aromatic heterocycles. The average molecular weight is 317 g/mol. The fourth-order valence-corrected chi connectivity index (χ4v) is 2.80. The summed E-state index contributed by atoms with van der Waals surface area (Å²) >= 11 is 11.9. The third kappa shape index (κ3) is 3.53. The van der Waals surface area contributed by atoms with Crippen molar-refractivity contribution in [2.24, 2.45) is 0 Å². The molecule has 3 nitrogen and oxygen atoms in total. The Balaban J connectivity index is 2.13. The van der Waals surface area contributed by atoms with E-state index >= 15 is 0 Å². The number of ketones is 1. The Hall–Kier alpha value is -0.610. The predicted molar refractivity (Wildman–Crippen MR) is 79.6 cm³/mol. The summed E-state index contributed by atoms with van der Waals surface area (Å²) in [5.74, 6) is 0.0843. The van der Waals surface area contributed by atoms with Crippen molar-refractivity contribution in [1.82, 2.24) is 0 Å². The summed E-state index contributed by atoms with van der Waals surface area (Å²) in [4.78, 5) is 12.6. The van der Waals surface area contributed by atoms with Crippen LogP contribution in [0.1, 0.15) is 25.3 Å². The highest BCUT2D eigenvalue weighted by Gasteiger charge is 2.40. The Bertz CT molecular complexity index is 476. The van der Waals surface area contributed by atoms with Crippen LogP contribution in [0.4, 0.5) is 0 Å². The molecule has 110 valence electrons. The molecule has 0 bridgehead atoms. The first kappa shape index (κ1) is 15.8. The van der Waals surface area contributed by atoms with E-state index in [-0.39, 0.29) is 5.78 Å². The summed E-state index contributed by atoms with van der Waals surface area (Å²) in [6, 6.07) is 5.27. The minimum absolute atomic E-state index is 0.0843. The van der Waals surface area contributed by atoms with E-state index < -0.39 is 5.60 Å². The van der Waals surface area contributed by atoms with Crippen molar-refractivity contribution < 1.29 is 14.3 Å². The SMILES string of the molecule is CCOC1(C(=O)Cc2ccc(Cl)c(Cl)c2)CCOCC1. The molecule has 0 aliphatic carbocycles. The second-order valence-electron chi connectivity index (χ2n) is 4.89. The van der Waals surface area contributed by atoms with Crippen molar-refractivity contribution in [2.75, 3.05) is 19.8 Å². The van der Waals surface area contributed by atoms with Gasteiger partial charge in [-0.2, -0.15) is 0 Å². The van der Waals surface area contributed by atoms with E-state index in [1.807, 2.05) is 13.0 Å². The van der Waals surface area contributed by atoms with Crippen LogP contribution in [-0.2, 0) is 20.7 Å². The van der Waals surface area contributed by atoms with Gasteiger partial charge in [0.25, 0.3) is 0 Å². The van der Waals surface area contributed by atoms with Crippen LogP contribution in [0.2, 0.25) is 10.0 Å². The van der Waals surface area contributed by atoms with Crippen LogP contribution in [-0.4, -0.2) is 31.2 Å². The molecular formula is C15H18Cl2O3. The lowest BCUT2D eigenvalue weighted by Crippen LogP contribution is -2.47. The summed E-state index contributed by atoms with van der Waals surface area (Å²) in [6.45, 7) is 3.55. The summed E-state index contributed by atoms with van der Waals surface area (Å²) in [5.41, 5.74) is 0.147. The molecule has 0 N–H and O–H groups in total. The van der Waals surface area contributed by atoms with Crippen molar-refractivity contribution in [3.63, 3.8) is 0 Å². The van der Waals surface area contributed by atoms with Crippen LogP contribution >= 0.6 is 23.2 Å². The Kier molecular flexibility index (Phi) is 5.44. The van der Waals surface area contributed by atoms with Gasteiger partial charge in [-0.3, -0.25) is 4.79 Å². The molecule has 1 fully saturated rings. The summed E-state index contributed by atoms with van der Waals surface area (Å²) < 4.78 is 11.1. The van der Waals surface area contributed by atoms with E-state index in [1.165, 1.54) is 0 Å². The van der Waals surface area contributed by atoms with Gasteiger partial charge in [-0.1, -0.05) is 29.3 Å².